The van der Waals surface area contributed by atoms with Crippen LogP contribution in [-0.2, 0) is 12.0 Å². The summed E-state index contributed by atoms with van der Waals surface area (Å²) in [7, 11) is 0. The van der Waals surface area contributed by atoms with Crippen molar-refractivity contribution in [3.63, 3.8) is 0 Å². The molecule has 34 heavy (non-hydrogen) atoms. The van der Waals surface area contributed by atoms with Crippen LogP contribution in [0.1, 0.15) is 55.8 Å². The third kappa shape index (κ3) is 4.65. The minimum absolute atomic E-state index is 0.132. The molecule has 3 aromatic carbocycles. The number of benzene rings is 3. The third-order valence-electron chi connectivity index (χ3n) is 7.50. The van der Waals surface area contributed by atoms with E-state index in [4.69, 9.17) is 4.74 Å². The van der Waals surface area contributed by atoms with Crippen LogP contribution < -0.4 is 9.64 Å². The first-order valence-corrected chi connectivity index (χ1v) is 12.6. The van der Waals surface area contributed by atoms with Crippen molar-refractivity contribution in [3.8, 4) is 11.5 Å². The molecule has 0 spiro atoms. The lowest BCUT2D eigenvalue weighted by Crippen LogP contribution is -2.33. The van der Waals surface area contributed by atoms with E-state index in [9.17, 15) is 5.11 Å². The van der Waals surface area contributed by atoms with Crippen molar-refractivity contribution in [1.82, 2.24) is 4.90 Å². The summed E-state index contributed by atoms with van der Waals surface area (Å²) in [5.41, 5.74) is 4.80. The lowest BCUT2D eigenvalue weighted by atomic mass is 9.77. The van der Waals surface area contributed by atoms with Gasteiger partial charge >= 0.3 is 0 Å². The number of likely N-dealkylation sites (tertiary alicyclic amines) is 1. The van der Waals surface area contributed by atoms with E-state index in [0.717, 1.165) is 25.4 Å². The summed E-state index contributed by atoms with van der Waals surface area (Å²) in [6, 6.07) is 25.3. The minimum atomic E-state index is -0.132. The number of phenolic OH excluding ortho intramolecular Hbond substituents is 1. The maximum absolute atomic E-state index is 10.2. The monoisotopic (exact) mass is 456 g/mol. The fourth-order valence-corrected chi connectivity index (χ4v) is 5.74. The van der Waals surface area contributed by atoms with Crippen LogP contribution in [0.2, 0.25) is 0 Å². The van der Waals surface area contributed by atoms with Gasteiger partial charge in [0.1, 0.15) is 18.1 Å². The molecule has 1 N–H and O–H groups in total. The zero-order chi connectivity index (χ0) is 23.5. The van der Waals surface area contributed by atoms with Gasteiger partial charge < -0.3 is 14.7 Å². The highest BCUT2D eigenvalue weighted by atomic mass is 16.5. The third-order valence-corrected chi connectivity index (χ3v) is 7.50. The molecule has 3 aromatic rings. The molecule has 0 aromatic heterocycles. The van der Waals surface area contributed by atoms with Gasteiger partial charge in [-0.05, 0) is 73.0 Å². The summed E-state index contributed by atoms with van der Waals surface area (Å²) in [6.45, 7) is 9.52. The Labute approximate surface area is 203 Å². The fraction of sp³-hybridized carbons (Fsp3) is 0.400. The van der Waals surface area contributed by atoms with Gasteiger partial charge in [0.2, 0.25) is 0 Å². The van der Waals surface area contributed by atoms with Crippen molar-refractivity contribution >= 4 is 5.69 Å². The first kappa shape index (κ1) is 22.8. The molecular formula is C30H36N2O2. The first-order chi connectivity index (χ1) is 16.5. The first-order valence-electron chi connectivity index (χ1n) is 12.6. The highest BCUT2D eigenvalue weighted by Crippen LogP contribution is 2.54. The van der Waals surface area contributed by atoms with E-state index in [1.165, 1.54) is 54.7 Å². The van der Waals surface area contributed by atoms with Gasteiger partial charge in [-0.15, -0.1) is 0 Å². The number of hydrogen-bond donors (Lipinski definition) is 1. The van der Waals surface area contributed by atoms with Crippen molar-refractivity contribution in [3.05, 3.63) is 89.5 Å². The van der Waals surface area contributed by atoms with Crippen molar-refractivity contribution < 1.29 is 9.84 Å². The molecule has 4 nitrogen and oxygen atoms in total. The van der Waals surface area contributed by atoms with E-state index in [1.807, 2.05) is 6.07 Å². The topological polar surface area (TPSA) is 35.9 Å². The highest BCUT2D eigenvalue weighted by molar-refractivity contribution is 5.67. The molecule has 1 unspecified atom stereocenters. The number of phenols is 1. The lowest BCUT2D eigenvalue weighted by Gasteiger charge is -2.35. The maximum Gasteiger partial charge on any atom is 0.119 e. The van der Waals surface area contributed by atoms with Crippen molar-refractivity contribution in [1.29, 1.82) is 0 Å². The number of ether oxygens (including phenoxy) is 1. The number of hydrogen-bond acceptors (Lipinski definition) is 4. The number of fused-ring (bicyclic) bond motifs is 1. The molecule has 0 radical (unpaired) electrons. The van der Waals surface area contributed by atoms with Crippen molar-refractivity contribution in [2.45, 2.75) is 51.1 Å². The molecule has 1 saturated heterocycles. The van der Waals surface area contributed by atoms with Crippen molar-refractivity contribution in [2.75, 3.05) is 31.1 Å². The van der Waals surface area contributed by atoms with Gasteiger partial charge in [0, 0.05) is 24.2 Å². The second-order valence-corrected chi connectivity index (χ2v) is 10.3. The molecule has 5 rings (SSSR count). The fourth-order valence-electron chi connectivity index (χ4n) is 5.74. The van der Waals surface area contributed by atoms with Gasteiger partial charge in [0.25, 0.3) is 0 Å². The predicted octanol–water partition coefficient (Wildman–Crippen LogP) is 6.30. The Balaban J connectivity index is 1.32. The second-order valence-electron chi connectivity index (χ2n) is 10.3. The van der Waals surface area contributed by atoms with Crippen LogP contribution in [0.5, 0.6) is 11.5 Å². The summed E-state index contributed by atoms with van der Waals surface area (Å²) >= 11 is 0. The summed E-state index contributed by atoms with van der Waals surface area (Å²) in [6.07, 6.45) is 3.99. The van der Waals surface area contributed by atoms with Crippen LogP contribution in [0.4, 0.5) is 5.69 Å². The Hall–Kier alpha value is -2.98. The Kier molecular flexibility index (Phi) is 6.51. The molecule has 1 atom stereocenters. The van der Waals surface area contributed by atoms with Gasteiger partial charge in [-0.1, -0.05) is 62.7 Å². The second kappa shape index (κ2) is 9.71. The summed E-state index contributed by atoms with van der Waals surface area (Å²) in [4.78, 5) is 4.99. The summed E-state index contributed by atoms with van der Waals surface area (Å²) in [5.74, 6) is 1.26. The molecule has 0 bridgehead atoms. The molecule has 2 heterocycles. The van der Waals surface area contributed by atoms with Gasteiger partial charge in [-0.25, -0.2) is 0 Å². The Bertz CT molecular complexity index is 1090. The average molecular weight is 457 g/mol. The number of piperidine rings is 1. The van der Waals surface area contributed by atoms with Gasteiger partial charge in [0.05, 0.1) is 6.04 Å². The zero-order valence-corrected chi connectivity index (χ0v) is 20.4. The van der Waals surface area contributed by atoms with E-state index >= 15 is 0 Å². The van der Waals surface area contributed by atoms with Gasteiger partial charge in [-0.2, -0.15) is 0 Å². The van der Waals surface area contributed by atoms with E-state index in [1.54, 1.807) is 6.07 Å². The summed E-state index contributed by atoms with van der Waals surface area (Å²) in [5, 5.41) is 10.2. The SMILES string of the molecule is CC1(C)c2cc(O)ccc2N(Cc2ccc(OCCN3CCCCC3)cc2)C1c1ccccc1. The van der Waals surface area contributed by atoms with Crippen LogP contribution >= 0.6 is 0 Å². The van der Waals surface area contributed by atoms with Crippen LogP contribution in [-0.4, -0.2) is 36.2 Å². The molecule has 0 aliphatic carbocycles. The normalized spacial score (nSPS) is 19.7. The average Bonchev–Trinajstić information content (AvgIpc) is 3.07. The molecule has 0 amide bonds. The maximum atomic E-state index is 10.2. The van der Waals surface area contributed by atoms with E-state index in [0.29, 0.717) is 5.75 Å². The largest absolute Gasteiger partial charge is 0.508 e. The van der Waals surface area contributed by atoms with Gasteiger partial charge in [0.15, 0.2) is 0 Å². The van der Waals surface area contributed by atoms with Crippen LogP contribution in [0, 0.1) is 0 Å². The standard InChI is InChI=1S/C30H36N2O2/c1-30(2)27-21-25(33)13-16-28(27)32(29(30)24-9-5-3-6-10-24)22-23-11-14-26(15-12-23)34-20-19-31-17-7-4-8-18-31/h3,5-6,9-16,21,29,33H,4,7-8,17-20,22H2,1-2H3. The summed E-state index contributed by atoms with van der Waals surface area (Å²) < 4.78 is 6.04. The van der Waals surface area contributed by atoms with E-state index < -0.39 is 0 Å². The lowest BCUT2D eigenvalue weighted by molar-refractivity contribution is 0.183. The number of aromatic hydroxyl groups is 1. The predicted molar refractivity (Wildman–Crippen MR) is 139 cm³/mol. The molecule has 1 fully saturated rings. The Morgan fingerprint density at radius 1 is 0.912 bits per heavy atom. The van der Waals surface area contributed by atoms with E-state index in [-0.39, 0.29) is 11.5 Å². The number of nitrogens with zero attached hydrogens (tertiary/aromatic N) is 2. The molecule has 4 heteroatoms. The number of anilines is 1. The minimum Gasteiger partial charge on any atom is -0.508 e. The number of rotatable bonds is 7. The molecule has 178 valence electrons. The van der Waals surface area contributed by atoms with Crippen LogP contribution in [0.15, 0.2) is 72.8 Å². The molecule has 0 saturated carbocycles. The van der Waals surface area contributed by atoms with E-state index in [2.05, 4.69) is 84.3 Å². The van der Waals surface area contributed by atoms with Crippen LogP contribution in [0.3, 0.4) is 0 Å². The Morgan fingerprint density at radius 2 is 1.65 bits per heavy atom. The van der Waals surface area contributed by atoms with Crippen molar-refractivity contribution in [2.24, 2.45) is 0 Å². The molecule has 2 aliphatic rings. The van der Waals surface area contributed by atoms with Gasteiger partial charge in [-0.3, -0.25) is 4.90 Å². The zero-order valence-electron chi connectivity index (χ0n) is 20.4. The quantitative estimate of drug-likeness (QED) is 0.453. The molecule has 2 aliphatic heterocycles. The smallest absolute Gasteiger partial charge is 0.119 e. The van der Waals surface area contributed by atoms with Crippen LogP contribution in [0.25, 0.3) is 0 Å². The highest BCUT2D eigenvalue weighted by Gasteiger charge is 2.45. The molecular weight excluding hydrogens is 420 g/mol. The Morgan fingerprint density at radius 3 is 2.38 bits per heavy atom.